The summed E-state index contributed by atoms with van der Waals surface area (Å²) in [5, 5.41) is 0. The van der Waals surface area contributed by atoms with Gasteiger partial charge in [0.05, 0.1) is 52.6 Å². The second-order valence-electron chi connectivity index (χ2n) is 13.3. The van der Waals surface area contributed by atoms with Crippen LogP contribution in [0.2, 0.25) is 0 Å². The molecule has 0 saturated heterocycles. The van der Waals surface area contributed by atoms with E-state index in [0.29, 0.717) is 44.9 Å². The van der Waals surface area contributed by atoms with Gasteiger partial charge in [0.1, 0.15) is 28.5 Å². The number of carbonyl (C=O) groups excluding carboxylic acids is 4. The number of methoxy groups -OCH3 is 4. The molecule has 2 aliphatic rings. The van der Waals surface area contributed by atoms with E-state index in [2.05, 4.69) is 0 Å². The molecule has 2 aromatic rings. The molecule has 2 aromatic carbocycles. The number of ether oxygens (including phenoxy) is 7. The van der Waals surface area contributed by atoms with E-state index in [1.165, 1.54) is 33.3 Å². The Morgan fingerprint density at radius 3 is 2.02 bits per heavy atom. The molecule has 0 spiro atoms. The van der Waals surface area contributed by atoms with Crippen molar-refractivity contribution in [2.75, 3.05) is 35.5 Å². The van der Waals surface area contributed by atoms with Crippen LogP contribution in [0.3, 0.4) is 0 Å². The van der Waals surface area contributed by atoms with E-state index < -0.39 is 41.1 Å². The number of amides is 1. The van der Waals surface area contributed by atoms with E-state index in [1.807, 2.05) is 0 Å². The molecule has 2 heterocycles. The van der Waals surface area contributed by atoms with Gasteiger partial charge in [-0.2, -0.15) is 0 Å². The SMILES string of the molecule is COC(=O)c1c(Cc2cc(OC)c3c(c2OC)COC3(CC(=O)OC(C)(C)C)C(=O)OC(C)(C)C)cc(OC)c2c1CN(C)C2=O. The molecule has 1 atom stereocenters. The number of rotatable bonds is 9. The zero-order valence-electron chi connectivity index (χ0n) is 28.4. The third-order valence-corrected chi connectivity index (χ3v) is 7.67. The molecule has 12 nitrogen and oxygen atoms in total. The van der Waals surface area contributed by atoms with Crippen molar-refractivity contribution in [1.29, 1.82) is 0 Å². The lowest BCUT2D eigenvalue weighted by molar-refractivity contribution is -0.192. The number of esters is 3. The monoisotopic (exact) mass is 641 g/mol. The second kappa shape index (κ2) is 12.5. The molecular weight excluding hydrogens is 598 g/mol. The smallest absolute Gasteiger partial charge is 0.344 e. The predicted octanol–water partition coefficient (Wildman–Crippen LogP) is 4.47. The third kappa shape index (κ3) is 6.35. The zero-order valence-corrected chi connectivity index (χ0v) is 28.4. The van der Waals surface area contributed by atoms with Crippen molar-refractivity contribution in [2.24, 2.45) is 0 Å². The van der Waals surface area contributed by atoms with Crippen molar-refractivity contribution in [1.82, 2.24) is 4.90 Å². The summed E-state index contributed by atoms with van der Waals surface area (Å²) in [4.78, 5) is 54.8. The van der Waals surface area contributed by atoms with Gasteiger partial charge >= 0.3 is 17.9 Å². The summed E-state index contributed by atoms with van der Waals surface area (Å²) in [6.07, 6.45) is -0.342. The van der Waals surface area contributed by atoms with E-state index in [9.17, 15) is 19.2 Å². The minimum atomic E-state index is -1.89. The highest BCUT2D eigenvalue weighted by Crippen LogP contribution is 2.51. The minimum Gasteiger partial charge on any atom is -0.496 e. The summed E-state index contributed by atoms with van der Waals surface area (Å²) in [6, 6.07) is 3.32. The summed E-state index contributed by atoms with van der Waals surface area (Å²) in [5.41, 5.74) is -0.642. The van der Waals surface area contributed by atoms with Gasteiger partial charge in [-0.25, -0.2) is 9.59 Å². The fourth-order valence-corrected chi connectivity index (χ4v) is 5.99. The largest absolute Gasteiger partial charge is 0.496 e. The van der Waals surface area contributed by atoms with Crippen LogP contribution in [0.25, 0.3) is 0 Å². The van der Waals surface area contributed by atoms with Crippen molar-refractivity contribution < 1.29 is 52.3 Å². The van der Waals surface area contributed by atoms with Gasteiger partial charge in [0.2, 0.25) is 5.60 Å². The van der Waals surface area contributed by atoms with E-state index in [1.54, 1.807) is 60.7 Å². The molecule has 0 bridgehead atoms. The lowest BCUT2D eigenvalue weighted by Gasteiger charge is -2.32. The number of benzene rings is 2. The number of fused-ring (bicyclic) bond motifs is 2. The van der Waals surface area contributed by atoms with Crippen LogP contribution in [-0.2, 0) is 53.7 Å². The molecule has 250 valence electrons. The molecule has 4 rings (SSSR count). The summed E-state index contributed by atoms with van der Waals surface area (Å²) in [7, 11) is 7.30. The first kappa shape index (κ1) is 34.6. The molecule has 2 aliphatic heterocycles. The molecule has 0 aromatic heterocycles. The van der Waals surface area contributed by atoms with Gasteiger partial charge in [0.15, 0.2) is 0 Å². The Kier molecular flexibility index (Phi) is 9.36. The summed E-state index contributed by atoms with van der Waals surface area (Å²) >= 11 is 0. The van der Waals surface area contributed by atoms with Crippen LogP contribution in [0, 0.1) is 0 Å². The fraction of sp³-hybridized carbons (Fsp3) is 0.529. The van der Waals surface area contributed by atoms with Gasteiger partial charge < -0.3 is 38.1 Å². The second-order valence-corrected chi connectivity index (χ2v) is 13.3. The Morgan fingerprint density at radius 2 is 1.48 bits per heavy atom. The lowest BCUT2D eigenvalue weighted by atomic mass is 9.85. The first-order valence-electron chi connectivity index (χ1n) is 14.8. The van der Waals surface area contributed by atoms with Crippen molar-refractivity contribution in [2.45, 2.75) is 84.3 Å². The maximum atomic E-state index is 13.9. The van der Waals surface area contributed by atoms with Crippen molar-refractivity contribution in [3.8, 4) is 17.2 Å². The van der Waals surface area contributed by atoms with E-state index in [-0.39, 0.29) is 36.8 Å². The standard InChI is InChI=1S/C34H43NO11/c1-32(2,3)45-24(36)15-34(31(39)46-33(4,5)6)27-21(17-44-34)28(42-10)19(14-23(27)41-9)12-18-13-22(40-8)26-20(16-35(7)29(26)37)25(18)30(38)43-11/h13-14H,12,15-17H2,1-11H3. The van der Waals surface area contributed by atoms with Gasteiger partial charge in [0, 0.05) is 42.3 Å². The molecule has 0 N–H and O–H groups in total. The maximum Gasteiger partial charge on any atom is 0.344 e. The molecule has 0 saturated carbocycles. The van der Waals surface area contributed by atoms with Crippen LogP contribution in [-0.4, -0.2) is 75.4 Å². The Morgan fingerprint density at radius 1 is 0.870 bits per heavy atom. The number of hydrogen-bond donors (Lipinski definition) is 0. The summed E-state index contributed by atoms with van der Waals surface area (Å²) < 4.78 is 40.1. The van der Waals surface area contributed by atoms with Crippen LogP contribution in [0.4, 0.5) is 0 Å². The first-order valence-corrected chi connectivity index (χ1v) is 14.8. The van der Waals surface area contributed by atoms with Crippen molar-refractivity contribution >= 4 is 23.8 Å². The molecule has 0 radical (unpaired) electrons. The number of nitrogens with zero attached hydrogens (tertiary/aromatic N) is 1. The molecular formula is C34H43NO11. The maximum absolute atomic E-state index is 13.9. The average Bonchev–Trinajstić information content (AvgIpc) is 3.47. The Labute approximate surface area is 269 Å². The highest BCUT2D eigenvalue weighted by Gasteiger charge is 2.55. The van der Waals surface area contributed by atoms with Crippen LogP contribution in [0.15, 0.2) is 12.1 Å². The Bertz CT molecular complexity index is 1580. The summed E-state index contributed by atoms with van der Waals surface area (Å²) in [6.45, 7) is 10.4. The molecule has 0 fully saturated rings. The predicted molar refractivity (Wildman–Crippen MR) is 165 cm³/mol. The van der Waals surface area contributed by atoms with Gasteiger partial charge in [0.25, 0.3) is 5.91 Å². The molecule has 46 heavy (non-hydrogen) atoms. The third-order valence-electron chi connectivity index (χ3n) is 7.67. The highest BCUT2D eigenvalue weighted by molar-refractivity contribution is 6.06. The molecule has 0 aliphatic carbocycles. The van der Waals surface area contributed by atoms with Gasteiger partial charge in [-0.05, 0) is 59.2 Å². The Hall–Kier alpha value is -4.32. The topological polar surface area (TPSA) is 136 Å². The normalized spacial score (nSPS) is 17.3. The lowest BCUT2D eigenvalue weighted by Crippen LogP contribution is -2.44. The van der Waals surface area contributed by atoms with E-state index in [4.69, 9.17) is 33.2 Å². The van der Waals surface area contributed by atoms with Gasteiger partial charge in [-0.15, -0.1) is 0 Å². The van der Waals surface area contributed by atoms with Crippen LogP contribution >= 0.6 is 0 Å². The Balaban J connectivity index is 1.93. The van der Waals surface area contributed by atoms with Crippen LogP contribution < -0.4 is 14.2 Å². The highest BCUT2D eigenvalue weighted by atomic mass is 16.6. The van der Waals surface area contributed by atoms with Gasteiger partial charge in [-0.3, -0.25) is 9.59 Å². The number of hydrogen-bond acceptors (Lipinski definition) is 11. The van der Waals surface area contributed by atoms with E-state index in [0.717, 1.165) is 0 Å². The van der Waals surface area contributed by atoms with Gasteiger partial charge in [-0.1, -0.05) is 0 Å². The zero-order chi connectivity index (χ0) is 34.4. The van der Waals surface area contributed by atoms with Crippen molar-refractivity contribution in [3.63, 3.8) is 0 Å². The quantitative estimate of drug-likeness (QED) is 0.283. The van der Waals surface area contributed by atoms with Crippen LogP contribution in [0.5, 0.6) is 17.2 Å². The molecule has 1 amide bonds. The minimum absolute atomic E-state index is 0.110. The molecule has 1 unspecified atom stereocenters. The molecule has 12 heteroatoms. The number of carbonyl (C=O) groups is 4. The summed E-state index contributed by atoms with van der Waals surface area (Å²) in [5.74, 6) is -1.36. The average molecular weight is 642 g/mol. The van der Waals surface area contributed by atoms with Crippen LogP contribution in [0.1, 0.15) is 96.5 Å². The fourth-order valence-electron chi connectivity index (χ4n) is 5.99. The van der Waals surface area contributed by atoms with Crippen molar-refractivity contribution in [3.05, 3.63) is 51.1 Å². The van der Waals surface area contributed by atoms with E-state index >= 15 is 0 Å². The first-order chi connectivity index (χ1) is 21.4.